The second kappa shape index (κ2) is 14.1. The quantitative estimate of drug-likeness (QED) is 0.156. The van der Waals surface area contributed by atoms with Crippen LogP contribution >= 0.6 is 11.3 Å². The Morgan fingerprint density at radius 2 is 1.75 bits per heavy atom. The van der Waals surface area contributed by atoms with Crippen molar-refractivity contribution in [2.75, 3.05) is 33.3 Å². The van der Waals surface area contributed by atoms with Gasteiger partial charge in [0.15, 0.2) is 11.6 Å². The van der Waals surface area contributed by atoms with Crippen molar-refractivity contribution in [3.63, 3.8) is 0 Å². The summed E-state index contributed by atoms with van der Waals surface area (Å²) in [7, 11) is 1.44. The van der Waals surface area contributed by atoms with Gasteiger partial charge in [-0.1, -0.05) is 37.8 Å². The number of benzene rings is 2. The van der Waals surface area contributed by atoms with Gasteiger partial charge in [-0.2, -0.15) is 0 Å². The van der Waals surface area contributed by atoms with Crippen molar-refractivity contribution in [2.24, 2.45) is 0 Å². The third kappa shape index (κ3) is 6.56. The highest BCUT2D eigenvalue weighted by Crippen LogP contribution is 2.47. The number of nitrogens with zero attached hydrogens (tertiary/aromatic N) is 3. The monoisotopic (exact) mass is 668 g/mol. The van der Waals surface area contributed by atoms with E-state index >= 15 is 0 Å². The molecule has 2 N–H and O–H groups in total. The van der Waals surface area contributed by atoms with E-state index in [2.05, 4.69) is 16.3 Å². The number of carbonyl (C=O) groups is 2. The molecule has 1 amide bonds. The van der Waals surface area contributed by atoms with Crippen LogP contribution in [0.2, 0.25) is 0 Å². The molecule has 48 heavy (non-hydrogen) atoms. The highest BCUT2D eigenvalue weighted by molar-refractivity contribution is 7.21. The van der Waals surface area contributed by atoms with Crippen LogP contribution < -0.4 is 10.1 Å². The minimum absolute atomic E-state index is 0.0812. The van der Waals surface area contributed by atoms with Gasteiger partial charge in [0.1, 0.15) is 11.4 Å². The molecule has 8 nitrogen and oxygen atoms in total. The number of aromatic nitrogens is 2. The van der Waals surface area contributed by atoms with Gasteiger partial charge in [0.05, 0.1) is 34.2 Å². The number of pyridine rings is 1. The Morgan fingerprint density at radius 3 is 2.50 bits per heavy atom. The molecule has 1 saturated carbocycles. The molecule has 10 heteroatoms. The van der Waals surface area contributed by atoms with Crippen LogP contribution in [0.25, 0.3) is 43.6 Å². The lowest BCUT2D eigenvalue weighted by Gasteiger charge is -2.26. The van der Waals surface area contributed by atoms with Gasteiger partial charge in [0, 0.05) is 24.0 Å². The summed E-state index contributed by atoms with van der Waals surface area (Å²) in [6.45, 7) is 3.67. The third-order valence-corrected chi connectivity index (χ3v) is 11.1. The summed E-state index contributed by atoms with van der Waals surface area (Å²) in [5.41, 5.74) is 5.99. The van der Waals surface area contributed by atoms with E-state index in [1.165, 1.54) is 50.2 Å². The Balaban J connectivity index is 1.28. The van der Waals surface area contributed by atoms with E-state index in [-0.39, 0.29) is 29.0 Å². The molecule has 0 bridgehead atoms. The lowest BCUT2D eigenvalue weighted by atomic mass is 9.83. The number of thiophene rings is 1. The van der Waals surface area contributed by atoms with Gasteiger partial charge < -0.3 is 24.6 Å². The van der Waals surface area contributed by atoms with Crippen LogP contribution in [-0.2, 0) is 11.3 Å². The number of rotatable bonds is 10. The van der Waals surface area contributed by atoms with Crippen molar-refractivity contribution < 1.29 is 23.8 Å². The Bertz CT molecular complexity index is 1970. The molecule has 1 aliphatic carbocycles. The van der Waals surface area contributed by atoms with Crippen molar-refractivity contribution >= 4 is 44.3 Å². The molecule has 250 valence electrons. The number of carbonyl (C=O) groups excluding carboxylic acids is 1. The zero-order valence-corrected chi connectivity index (χ0v) is 28.1. The van der Waals surface area contributed by atoms with Crippen LogP contribution in [0.1, 0.15) is 72.5 Å². The van der Waals surface area contributed by atoms with Crippen molar-refractivity contribution in [1.82, 2.24) is 19.8 Å². The number of aromatic carboxylic acids is 1. The standard InChI is InChI=1S/C38H41FN4O4S/c1-47-32-15-12-26(21-28(32)39)30-13-10-25-20-27(11-14-29(25)41-30)36-35(24-8-4-2-5-9-24)37-31(22-33(48-37)38(45)46)43(36)23-34(44)40-16-19-42-17-6-3-7-18-42/h10-15,20-22,24H,2-9,16-19,23H2,1H3,(H,40,44)(H,45,46). The van der Waals surface area contributed by atoms with Gasteiger partial charge in [0.25, 0.3) is 0 Å². The van der Waals surface area contributed by atoms with Gasteiger partial charge in [-0.25, -0.2) is 14.2 Å². The van der Waals surface area contributed by atoms with E-state index in [9.17, 15) is 19.1 Å². The Labute approximate surface area is 283 Å². The number of methoxy groups -OCH3 is 1. The van der Waals surface area contributed by atoms with Crippen LogP contribution in [0.4, 0.5) is 4.39 Å². The first-order valence-corrected chi connectivity index (χ1v) is 17.8. The highest BCUT2D eigenvalue weighted by Gasteiger charge is 2.30. The first-order valence-electron chi connectivity index (χ1n) is 17.0. The average Bonchev–Trinajstić information content (AvgIpc) is 3.67. The molecule has 2 aliphatic rings. The van der Waals surface area contributed by atoms with Crippen molar-refractivity contribution in [3.8, 4) is 28.3 Å². The minimum atomic E-state index is -0.950. The fourth-order valence-corrected chi connectivity index (χ4v) is 8.62. The molecule has 0 radical (unpaired) electrons. The molecule has 7 rings (SSSR count). The normalized spacial score (nSPS) is 16.0. The predicted molar refractivity (Wildman–Crippen MR) is 189 cm³/mol. The molecule has 2 aromatic carbocycles. The zero-order chi connectivity index (χ0) is 33.2. The molecule has 1 saturated heterocycles. The number of fused-ring (bicyclic) bond motifs is 2. The molecular formula is C38H41FN4O4S. The summed E-state index contributed by atoms with van der Waals surface area (Å²) in [6.07, 6.45) is 9.19. The molecule has 5 aromatic rings. The van der Waals surface area contributed by atoms with Crippen LogP contribution in [0.15, 0.2) is 54.6 Å². The Hall–Kier alpha value is -4.28. The Morgan fingerprint density at radius 1 is 0.979 bits per heavy atom. The maximum atomic E-state index is 14.5. The number of halogens is 1. The van der Waals surface area contributed by atoms with E-state index < -0.39 is 11.8 Å². The number of hydrogen-bond acceptors (Lipinski definition) is 6. The van der Waals surface area contributed by atoms with Crippen LogP contribution in [0.5, 0.6) is 5.75 Å². The fraction of sp³-hybridized carbons (Fsp3) is 0.395. The van der Waals surface area contributed by atoms with E-state index in [0.29, 0.717) is 17.8 Å². The van der Waals surface area contributed by atoms with Gasteiger partial charge in [-0.15, -0.1) is 11.3 Å². The van der Waals surface area contributed by atoms with Crippen LogP contribution in [0, 0.1) is 5.82 Å². The molecular weight excluding hydrogens is 628 g/mol. The highest BCUT2D eigenvalue weighted by atomic mass is 32.1. The summed E-state index contributed by atoms with van der Waals surface area (Å²) >= 11 is 1.32. The smallest absolute Gasteiger partial charge is 0.345 e. The van der Waals surface area contributed by atoms with Gasteiger partial charge in [-0.3, -0.25) is 4.79 Å². The number of amides is 1. The second-order valence-electron chi connectivity index (χ2n) is 13.0. The molecule has 0 atom stereocenters. The summed E-state index contributed by atoms with van der Waals surface area (Å²) in [5, 5.41) is 14.0. The number of nitrogens with one attached hydrogen (secondary N) is 1. The van der Waals surface area contributed by atoms with E-state index in [1.807, 2.05) is 28.8 Å². The zero-order valence-electron chi connectivity index (χ0n) is 27.3. The summed E-state index contributed by atoms with van der Waals surface area (Å²) in [4.78, 5) is 33.2. The van der Waals surface area contributed by atoms with E-state index in [1.54, 1.807) is 18.2 Å². The molecule has 1 aliphatic heterocycles. The number of carboxylic acid groups (broad SMARTS) is 1. The lowest BCUT2D eigenvalue weighted by molar-refractivity contribution is -0.121. The molecule has 3 aromatic heterocycles. The number of carboxylic acids is 1. The fourth-order valence-electron chi connectivity index (χ4n) is 7.49. The molecule has 0 spiro atoms. The van der Waals surface area contributed by atoms with Gasteiger partial charge >= 0.3 is 5.97 Å². The van der Waals surface area contributed by atoms with Gasteiger partial charge in [-0.05, 0) is 98.3 Å². The maximum Gasteiger partial charge on any atom is 0.345 e. The summed E-state index contributed by atoms with van der Waals surface area (Å²) in [5.74, 6) is -1.01. The molecule has 0 unspecified atom stereocenters. The number of piperidine rings is 1. The van der Waals surface area contributed by atoms with Crippen molar-refractivity contribution in [3.05, 3.63) is 70.9 Å². The second-order valence-corrected chi connectivity index (χ2v) is 14.1. The van der Waals surface area contributed by atoms with Gasteiger partial charge in [0.2, 0.25) is 5.91 Å². The number of ether oxygens (including phenoxy) is 1. The Kier molecular flexibility index (Phi) is 9.45. The summed E-state index contributed by atoms with van der Waals surface area (Å²) < 4.78 is 22.6. The average molecular weight is 669 g/mol. The maximum absolute atomic E-state index is 14.5. The first kappa shape index (κ1) is 32.3. The topological polar surface area (TPSA) is 96.7 Å². The summed E-state index contributed by atoms with van der Waals surface area (Å²) in [6, 6.07) is 16.6. The van der Waals surface area contributed by atoms with Crippen LogP contribution in [-0.4, -0.2) is 64.7 Å². The SMILES string of the molecule is COc1ccc(-c2ccc3cc(-c4c(C5CCCCC5)c5sc(C(=O)O)cc5n4CC(=O)NCCN4CCCCC4)ccc3n2)cc1F. The number of likely N-dealkylation sites (tertiary alicyclic amines) is 1. The first-order chi connectivity index (χ1) is 23.4. The van der Waals surface area contributed by atoms with Crippen molar-refractivity contribution in [2.45, 2.75) is 63.8 Å². The lowest BCUT2D eigenvalue weighted by Crippen LogP contribution is -2.38. The minimum Gasteiger partial charge on any atom is -0.494 e. The molecule has 4 heterocycles. The van der Waals surface area contributed by atoms with Crippen LogP contribution in [0.3, 0.4) is 0 Å². The predicted octanol–water partition coefficient (Wildman–Crippen LogP) is 8.08. The van der Waals surface area contributed by atoms with E-state index in [4.69, 9.17) is 9.72 Å². The third-order valence-electron chi connectivity index (χ3n) is 9.91. The molecule has 2 fully saturated rings. The largest absolute Gasteiger partial charge is 0.494 e. The number of hydrogen-bond donors (Lipinski definition) is 2. The van der Waals surface area contributed by atoms with Crippen molar-refractivity contribution in [1.29, 1.82) is 0 Å². The van der Waals surface area contributed by atoms with E-state index in [0.717, 1.165) is 83.3 Å².